The zero-order valence-corrected chi connectivity index (χ0v) is 11.6. The van der Waals surface area contributed by atoms with Gasteiger partial charge in [0.15, 0.2) is 0 Å². The van der Waals surface area contributed by atoms with Gasteiger partial charge in [0.1, 0.15) is 0 Å². The van der Waals surface area contributed by atoms with Crippen LogP contribution in [-0.4, -0.2) is 40.8 Å². The zero-order valence-electron chi connectivity index (χ0n) is 10.7. The molecule has 0 aromatic carbocycles. The molecule has 0 aromatic heterocycles. The van der Waals surface area contributed by atoms with Crippen LogP contribution >= 0.6 is 11.8 Å². The van der Waals surface area contributed by atoms with Crippen molar-refractivity contribution in [1.29, 1.82) is 0 Å². The summed E-state index contributed by atoms with van der Waals surface area (Å²) in [6.07, 6.45) is 4.73. The van der Waals surface area contributed by atoms with Crippen molar-refractivity contribution in [1.82, 2.24) is 10.6 Å². The van der Waals surface area contributed by atoms with Crippen LogP contribution in [0.3, 0.4) is 0 Å². The topological polar surface area (TPSA) is 61.4 Å². The van der Waals surface area contributed by atoms with E-state index in [0.717, 1.165) is 12.2 Å². The number of hydrogen-bond donors (Lipinski definition) is 3. The predicted octanol–water partition coefficient (Wildman–Crippen LogP) is 1.73. The van der Waals surface area contributed by atoms with Gasteiger partial charge >= 0.3 is 6.03 Å². The summed E-state index contributed by atoms with van der Waals surface area (Å²) in [6, 6.07) is -0.0596. The number of carbonyl (C=O) groups excluding carboxylic acids is 1. The summed E-state index contributed by atoms with van der Waals surface area (Å²) < 4.78 is 0. The first kappa shape index (κ1) is 14.6. The molecule has 3 atom stereocenters. The van der Waals surface area contributed by atoms with Gasteiger partial charge in [-0.1, -0.05) is 19.8 Å². The summed E-state index contributed by atoms with van der Waals surface area (Å²) in [5, 5.41) is 15.2. The van der Waals surface area contributed by atoms with Gasteiger partial charge in [-0.25, -0.2) is 4.79 Å². The minimum Gasteiger partial charge on any atom is -0.394 e. The lowest BCUT2D eigenvalue weighted by atomic mass is 9.95. The number of thioether (sulfide) groups is 1. The Hall–Kier alpha value is -0.420. The van der Waals surface area contributed by atoms with Gasteiger partial charge in [0.2, 0.25) is 0 Å². The monoisotopic (exact) mass is 260 g/mol. The van der Waals surface area contributed by atoms with E-state index in [1.165, 1.54) is 19.3 Å². The van der Waals surface area contributed by atoms with Crippen LogP contribution < -0.4 is 10.6 Å². The third-order valence-corrected chi connectivity index (χ3v) is 4.38. The van der Waals surface area contributed by atoms with Crippen molar-refractivity contribution in [3.8, 4) is 0 Å². The number of nitrogens with one attached hydrogen (secondary N) is 2. The molecule has 5 heteroatoms. The zero-order chi connectivity index (χ0) is 12.7. The van der Waals surface area contributed by atoms with E-state index in [-0.39, 0.29) is 24.7 Å². The molecule has 1 aliphatic carbocycles. The number of amides is 2. The smallest absolute Gasteiger partial charge is 0.315 e. The van der Waals surface area contributed by atoms with Gasteiger partial charge in [-0.3, -0.25) is 0 Å². The molecule has 0 radical (unpaired) electrons. The maximum atomic E-state index is 11.7. The SMILES string of the molecule is CCSC1CCCCC1NC(=O)N[C@@H](C)CO. The Morgan fingerprint density at radius 3 is 2.82 bits per heavy atom. The molecule has 1 saturated carbocycles. The number of hydrogen-bond acceptors (Lipinski definition) is 3. The van der Waals surface area contributed by atoms with Crippen LogP contribution in [-0.2, 0) is 0 Å². The molecule has 17 heavy (non-hydrogen) atoms. The van der Waals surface area contributed by atoms with E-state index in [0.29, 0.717) is 5.25 Å². The molecule has 0 aromatic rings. The summed E-state index contributed by atoms with van der Waals surface area (Å²) in [4.78, 5) is 11.7. The number of rotatable bonds is 5. The fraction of sp³-hybridized carbons (Fsp3) is 0.917. The van der Waals surface area contributed by atoms with Crippen molar-refractivity contribution >= 4 is 17.8 Å². The molecule has 0 aliphatic heterocycles. The highest BCUT2D eigenvalue weighted by Crippen LogP contribution is 2.28. The van der Waals surface area contributed by atoms with Crippen molar-refractivity contribution in [3.05, 3.63) is 0 Å². The molecule has 1 aliphatic rings. The number of aliphatic hydroxyl groups excluding tert-OH is 1. The summed E-state index contributed by atoms with van der Waals surface area (Å²) in [6.45, 7) is 3.92. The van der Waals surface area contributed by atoms with Crippen LogP contribution in [0.4, 0.5) is 4.79 Å². The number of aliphatic hydroxyl groups is 1. The van der Waals surface area contributed by atoms with Gasteiger partial charge in [-0.2, -0.15) is 11.8 Å². The largest absolute Gasteiger partial charge is 0.394 e. The van der Waals surface area contributed by atoms with E-state index in [4.69, 9.17) is 5.11 Å². The second-order valence-corrected chi connectivity index (χ2v) is 6.10. The minimum absolute atomic E-state index is 0.0226. The molecule has 3 N–H and O–H groups in total. The van der Waals surface area contributed by atoms with Gasteiger partial charge in [-0.05, 0) is 25.5 Å². The summed E-state index contributed by atoms with van der Waals surface area (Å²) in [7, 11) is 0. The highest BCUT2D eigenvalue weighted by atomic mass is 32.2. The molecular weight excluding hydrogens is 236 g/mol. The van der Waals surface area contributed by atoms with Gasteiger partial charge in [0.05, 0.1) is 12.6 Å². The second-order valence-electron chi connectivity index (χ2n) is 4.59. The van der Waals surface area contributed by atoms with E-state index >= 15 is 0 Å². The molecule has 4 nitrogen and oxygen atoms in total. The quantitative estimate of drug-likeness (QED) is 0.705. The standard InChI is InChI=1S/C12H24N2O2S/c1-3-17-11-7-5-4-6-10(11)14-12(16)13-9(2)8-15/h9-11,15H,3-8H2,1-2H3,(H2,13,14,16)/t9-,10?,11?/m0/s1. The van der Waals surface area contributed by atoms with Gasteiger partial charge in [0.25, 0.3) is 0 Å². The Labute approximate surface area is 108 Å². The van der Waals surface area contributed by atoms with E-state index in [1.54, 1.807) is 6.92 Å². The highest BCUT2D eigenvalue weighted by molar-refractivity contribution is 7.99. The first-order chi connectivity index (χ1) is 8.17. The first-order valence-corrected chi connectivity index (χ1v) is 7.51. The van der Waals surface area contributed by atoms with E-state index < -0.39 is 0 Å². The van der Waals surface area contributed by atoms with E-state index in [1.807, 2.05) is 11.8 Å². The fourth-order valence-electron chi connectivity index (χ4n) is 2.16. The van der Waals surface area contributed by atoms with Gasteiger partial charge in [0, 0.05) is 11.3 Å². The third kappa shape index (κ3) is 5.17. The Kier molecular flexibility index (Phi) is 6.73. The lowest BCUT2D eigenvalue weighted by Gasteiger charge is -2.31. The molecular formula is C12H24N2O2S. The lowest BCUT2D eigenvalue weighted by Crippen LogP contribution is -2.50. The Balaban J connectivity index is 2.38. The van der Waals surface area contributed by atoms with Crippen molar-refractivity contribution in [2.75, 3.05) is 12.4 Å². The Morgan fingerprint density at radius 1 is 1.47 bits per heavy atom. The van der Waals surface area contributed by atoms with Crippen molar-refractivity contribution in [3.63, 3.8) is 0 Å². The average molecular weight is 260 g/mol. The number of urea groups is 1. The van der Waals surface area contributed by atoms with Crippen LogP contribution in [0.5, 0.6) is 0 Å². The molecule has 0 bridgehead atoms. The maximum absolute atomic E-state index is 11.7. The molecule has 2 amide bonds. The maximum Gasteiger partial charge on any atom is 0.315 e. The molecule has 2 unspecified atom stereocenters. The summed E-state index contributed by atoms with van der Waals surface area (Å²) in [5.41, 5.74) is 0. The van der Waals surface area contributed by atoms with Crippen molar-refractivity contribution in [2.24, 2.45) is 0 Å². The minimum atomic E-state index is -0.184. The molecule has 0 spiro atoms. The predicted molar refractivity (Wildman–Crippen MR) is 72.4 cm³/mol. The summed E-state index contributed by atoms with van der Waals surface area (Å²) in [5.74, 6) is 1.09. The average Bonchev–Trinajstić information content (AvgIpc) is 2.31. The van der Waals surface area contributed by atoms with Gasteiger partial charge in [-0.15, -0.1) is 0 Å². The third-order valence-electron chi connectivity index (χ3n) is 3.05. The first-order valence-electron chi connectivity index (χ1n) is 6.46. The van der Waals surface area contributed by atoms with Crippen LogP contribution in [0.25, 0.3) is 0 Å². The second kappa shape index (κ2) is 7.82. The van der Waals surface area contributed by atoms with E-state index in [9.17, 15) is 4.79 Å². The van der Waals surface area contributed by atoms with Crippen LogP contribution in [0.2, 0.25) is 0 Å². The molecule has 100 valence electrons. The molecule has 1 fully saturated rings. The molecule has 0 heterocycles. The van der Waals surface area contributed by atoms with Crippen molar-refractivity contribution < 1.29 is 9.90 Å². The van der Waals surface area contributed by atoms with Crippen LogP contribution in [0, 0.1) is 0 Å². The van der Waals surface area contributed by atoms with Crippen LogP contribution in [0.15, 0.2) is 0 Å². The van der Waals surface area contributed by atoms with E-state index in [2.05, 4.69) is 17.6 Å². The summed E-state index contributed by atoms with van der Waals surface area (Å²) >= 11 is 1.94. The van der Waals surface area contributed by atoms with Crippen molar-refractivity contribution in [2.45, 2.75) is 56.9 Å². The fourth-order valence-corrected chi connectivity index (χ4v) is 3.35. The van der Waals surface area contributed by atoms with Crippen LogP contribution in [0.1, 0.15) is 39.5 Å². The van der Waals surface area contributed by atoms with Gasteiger partial charge < -0.3 is 15.7 Å². The lowest BCUT2D eigenvalue weighted by molar-refractivity contribution is 0.215. The molecule has 0 saturated heterocycles. The highest BCUT2D eigenvalue weighted by Gasteiger charge is 2.26. The Bertz CT molecular complexity index is 237. The normalized spacial score (nSPS) is 26.3. The Morgan fingerprint density at radius 2 is 2.18 bits per heavy atom. The number of carbonyl (C=O) groups is 1. The molecule has 1 rings (SSSR count).